The van der Waals surface area contributed by atoms with Gasteiger partial charge >= 0.3 is 0 Å². The van der Waals surface area contributed by atoms with E-state index < -0.39 is 15.9 Å². The smallest absolute Gasteiger partial charge is 0.245 e. The van der Waals surface area contributed by atoms with Crippen LogP contribution < -0.4 is 14.4 Å². The summed E-state index contributed by atoms with van der Waals surface area (Å²) in [5.74, 6) is 0.379. The number of hydrogen-bond acceptors (Lipinski definition) is 4. The lowest BCUT2D eigenvalue weighted by molar-refractivity contribution is -0.114. The molecule has 2 aromatic rings. The molecule has 0 bridgehead atoms. The Morgan fingerprint density at radius 1 is 1.10 bits per heavy atom. The number of hydrogen-bond donors (Lipinski definition) is 1. The summed E-state index contributed by atoms with van der Waals surface area (Å²) in [5.41, 5.74) is 2.92. The molecule has 0 aliphatic heterocycles. The van der Waals surface area contributed by atoms with E-state index in [4.69, 9.17) is 4.74 Å². The predicted octanol–water partition coefficient (Wildman–Crippen LogP) is 4.03. The Morgan fingerprint density at radius 2 is 1.76 bits per heavy atom. The number of nitrogens with one attached hydrogen (secondary N) is 1. The first-order chi connectivity index (χ1) is 13.7. The molecule has 1 amide bonds. The molecular formula is C22H28N2O4S. The number of carbonyl (C=O) groups excluding carboxylic acids is 1. The Kier molecular flexibility index (Phi) is 6.47. The topological polar surface area (TPSA) is 75.7 Å². The fourth-order valence-electron chi connectivity index (χ4n) is 3.53. The van der Waals surface area contributed by atoms with Gasteiger partial charge in [0.1, 0.15) is 12.3 Å². The van der Waals surface area contributed by atoms with Gasteiger partial charge in [0.2, 0.25) is 15.9 Å². The maximum atomic E-state index is 12.6. The molecule has 156 valence electrons. The van der Waals surface area contributed by atoms with Crippen LogP contribution in [0.3, 0.4) is 0 Å². The van der Waals surface area contributed by atoms with Crippen molar-refractivity contribution in [1.29, 1.82) is 0 Å². The van der Waals surface area contributed by atoms with Crippen LogP contribution in [-0.2, 0) is 14.8 Å². The Bertz CT molecular complexity index is 965. The van der Waals surface area contributed by atoms with Crippen molar-refractivity contribution < 1.29 is 17.9 Å². The van der Waals surface area contributed by atoms with Crippen molar-refractivity contribution in [3.8, 4) is 5.75 Å². The Morgan fingerprint density at radius 3 is 2.38 bits per heavy atom. The monoisotopic (exact) mass is 416 g/mol. The summed E-state index contributed by atoms with van der Waals surface area (Å²) < 4.78 is 31.7. The molecule has 1 fully saturated rings. The molecule has 0 heterocycles. The zero-order chi connectivity index (χ0) is 21.0. The van der Waals surface area contributed by atoms with Crippen LogP contribution in [0.4, 0.5) is 11.4 Å². The van der Waals surface area contributed by atoms with E-state index in [-0.39, 0.29) is 12.6 Å². The van der Waals surface area contributed by atoms with Crippen LogP contribution in [0.5, 0.6) is 5.75 Å². The van der Waals surface area contributed by atoms with Crippen LogP contribution in [0, 0.1) is 13.8 Å². The van der Waals surface area contributed by atoms with Gasteiger partial charge in [0, 0.05) is 5.69 Å². The second kappa shape index (κ2) is 8.86. The highest BCUT2D eigenvalue weighted by Crippen LogP contribution is 2.26. The number of anilines is 2. The molecule has 0 aromatic heterocycles. The molecule has 1 N–H and O–H groups in total. The van der Waals surface area contributed by atoms with Gasteiger partial charge in [-0.1, -0.05) is 12.1 Å². The third-order valence-corrected chi connectivity index (χ3v) is 6.40. The molecule has 1 aliphatic rings. The summed E-state index contributed by atoms with van der Waals surface area (Å²) in [6.45, 7) is 3.47. The van der Waals surface area contributed by atoms with Gasteiger partial charge in [-0.3, -0.25) is 9.10 Å². The molecule has 7 heteroatoms. The maximum Gasteiger partial charge on any atom is 0.245 e. The molecular weight excluding hydrogens is 388 g/mol. The number of ether oxygens (including phenoxy) is 1. The van der Waals surface area contributed by atoms with Crippen LogP contribution in [0.2, 0.25) is 0 Å². The van der Waals surface area contributed by atoms with Gasteiger partial charge in [-0.15, -0.1) is 0 Å². The van der Waals surface area contributed by atoms with Gasteiger partial charge in [-0.2, -0.15) is 0 Å². The summed E-state index contributed by atoms with van der Waals surface area (Å²) in [6.07, 6.45) is 5.95. The quantitative estimate of drug-likeness (QED) is 0.739. The minimum atomic E-state index is -3.61. The van der Waals surface area contributed by atoms with Gasteiger partial charge in [-0.25, -0.2) is 8.42 Å². The zero-order valence-corrected chi connectivity index (χ0v) is 18.0. The summed E-state index contributed by atoms with van der Waals surface area (Å²) in [5, 5.41) is 2.77. The second-order valence-electron chi connectivity index (χ2n) is 7.59. The lowest BCUT2D eigenvalue weighted by atomic mass is 10.1. The van der Waals surface area contributed by atoms with Gasteiger partial charge < -0.3 is 10.1 Å². The molecule has 0 spiro atoms. The summed E-state index contributed by atoms with van der Waals surface area (Å²) in [7, 11) is -3.61. The van der Waals surface area contributed by atoms with E-state index in [2.05, 4.69) is 5.32 Å². The maximum absolute atomic E-state index is 12.6. The predicted molar refractivity (Wildman–Crippen MR) is 116 cm³/mol. The van der Waals surface area contributed by atoms with Crippen molar-refractivity contribution in [3.05, 3.63) is 53.6 Å². The van der Waals surface area contributed by atoms with Crippen LogP contribution in [-0.4, -0.2) is 33.2 Å². The third kappa shape index (κ3) is 5.50. The molecule has 0 saturated heterocycles. The van der Waals surface area contributed by atoms with E-state index >= 15 is 0 Å². The van der Waals surface area contributed by atoms with Crippen molar-refractivity contribution >= 4 is 27.3 Å². The summed E-state index contributed by atoms with van der Waals surface area (Å²) >= 11 is 0. The van der Waals surface area contributed by atoms with E-state index in [1.54, 1.807) is 24.3 Å². The normalized spacial score (nSPS) is 14.6. The van der Waals surface area contributed by atoms with Crippen molar-refractivity contribution in [3.63, 3.8) is 0 Å². The molecule has 1 saturated carbocycles. The number of benzene rings is 2. The summed E-state index contributed by atoms with van der Waals surface area (Å²) in [6, 6.07) is 12.6. The van der Waals surface area contributed by atoms with Gasteiger partial charge in [0.25, 0.3) is 0 Å². The van der Waals surface area contributed by atoms with E-state index in [0.717, 1.165) is 40.3 Å². The first kappa shape index (κ1) is 21.2. The van der Waals surface area contributed by atoms with E-state index in [1.807, 2.05) is 32.0 Å². The van der Waals surface area contributed by atoms with Crippen LogP contribution >= 0.6 is 0 Å². The average molecular weight is 417 g/mol. The lowest BCUT2D eigenvalue weighted by Crippen LogP contribution is -2.38. The number of amides is 1. The molecule has 6 nitrogen and oxygen atoms in total. The molecule has 2 aromatic carbocycles. The fraction of sp³-hybridized carbons (Fsp3) is 0.409. The number of rotatable bonds is 7. The molecule has 0 radical (unpaired) electrons. The van der Waals surface area contributed by atoms with E-state index in [9.17, 15) is 13.2 Å². The van der Waals surface area contributed by atoms with Crippen LogP contribution in [0.15, 0.2) is 42.5 Å². The molecule has 0 unspecified atom stereocenters. The fourth-order valence-corrected chi connectivity index (χ4v) is 4.44. The Hall–Kier alpha value is -2.54. The van der Waals surface area contributed by atoms with Crippen LogP contribution in [0.1, 0.15) is 36.8 Å². The largest absolute Gasteiger partial charge is 0.490 e. The standard InChI is InChI=1S/C22H28N2O4S/c1-16-7-6-10-21(17(16)2)24(29(3,26)27)15-22(25)23-18-11-13-20(14-12-18)28-19-8-4-5-9-19/h6-7,10-14,19H,4-5,8-9,15H2,1-3H3,(H,23,25). The minimum Gasteiger partial charge on any atom is -0.490 e. The molecule has 1 aliphatic carbocycles. The van der Waals surface area contributed by atoms with Crippen LogP contribution in [0.25, 0.3) is 0 Å². The SMILES string of the molecule is Cc1cccc(N(CC(=O)Nc2ccc(OC3CCCC3)cc2)S(C)(=O)=O)c1C. The molecule has 3 rings (SSSR count). The highest BCUT2D eigenvalue weighted by atomic mass is 32.2. The zero-order valence-electron chi connectivity index (χ0n) is 17.1. The Balaban J connectivity index is 1.68. The highest BCUT2D eigenvalue weighted by molar-refractivity contribution is 7.92. The molecule has 29 heavy (non-hydrogen) atoms. The van der Waals surface area contributed by atoms with E-state index in [1.165, 1.54) is 12.8 Å². The average Bonchev–Trinajstić information content (AvgIpc) is 3.16. The van der Waals surface area contributed by atoms with Crippen molar-refractivity contribution in [1.82, 2.24) is 0 Å². The Labute approximate surface area is 172 Å². The van der Waals surface area contributed by atoms with Gasteiger partial charge in [-0.05, 0) is 81.0 Å². The van der Waals surface area contributed by atoms with E-state index in [0.29, 0.717) is 11.4 Å². The summed E-state index contributed by atoms with van der Waals surface area (Å²) in [4.78, 5) is 12.6. The first-order valence-corrected chi connectivity index (χ1v) is 11.7. The van der Waals surface area contributed by atoms with Crippen molar-refractivity contribution in [2.24, 2.45) is 0 Å². The lowest BCUT2D eigenvalue weighted by Gasteiger charge is -2.24. The highest BCUT2D eigenvalue weighted by Gasteiger charge is 2.23. The van der Waals surface area contributed by atoms with Crippen molar-refractivity contribution in [2.45, 2.75) is 45.6 Å². The van der Waals surface area contributed by atoms with Gasteiger partial charge in [0.05, 0.1) is 18.0 Å². The third-order valence-electron chi connectivity index (χ3n) is 5.28. The van der Waals surface area contributed by atoms with Crippen molar-refractivity contribution in [2.75, 3.05) is 22.4 Å². The number of carbonyl (C=O) groups is 1. The number of sulfonamides is 1. The molecule has 0 atom stereocenters. The second-order valence-corrected chi connectivity index (χ2v) is 9.49. The minimum absolute atomic E-state index is 0.274. The number of nitrogens with zero attached hydrogens (tertiary/aromatic N) is 1. The van der Waals surface area contributed by atoms with Gasteiger partial charge in [0.15, 0.2) is 0 Å². The number of aryl methyl sites for hydroxylation is 1. The first-order valence-electron chi connectivity index (χ1n) is 9.84.